The first-order chi connectivity index (χ1) is 10.1. The van der Waals surface area contributed by atoms with Gasteiger partial charge >= 0.3 is 0 Å². The molecular weight excluding hydrogens is 278 g/mol. The third-order valence-corrected chi connectivity index (χ3v) is 7.06. The number of thiophene rings is 1. The van der Waals surface area contributed by atoms with E-state index in [-0.39, 0.29) is 5.91 Å². The van der Waals surface area contributed by atoms with Gasteiger partial charge in [-0.15, -0.1) is 0 Å². The minimum Gasteiger partial charge on any atom is -0.353 e. The van der Waals surface area contributed by atoms with Gasteiger partial charge < -0.3 is 5.32 Å². The molecule has 1 heterocycles. The summed E-state index contributed by atoms with van der Waals surface area (Å²) in [5, 5.41) is 7.47. The average molecular weight is 303 g/mol. The molecule has 4 saturated carbocycles. The van der Waals surface area contributed by atoms with Gasteiger partial charge in [-0.25, -0.2) is 0 Å². The fraction of sp³-hybridized carbons (Fsp3) is 0.722. The summed E-state index contributed by atoms with van der Waals surface area (Å²) in [6.45, 7) is 2.26. The number of hydrogen-bond donors (Lipinski definition) is 1. The van der Waals surface area contributed by atoms with Crippen molar-refractivity contribution < 1.29 is 4.79 Å². The zero-order valence-electron chi connectivity index (χ0n) is 12.8. The molecule has 1 N–H and O–H groups in total. The molecule has 3 heteroatoms. The number of carbonyl (C=O) groups excluding carboxylic acids is 1. The molecule has 4 bridgehead atoms. The van der Waals surface area contributed by atoms with E-state index in [1.807, 2.05) is 5.38 Å². The van der Waals surface area contributed by atoms with Gasteiger partial charge in [-0.3, -0.25) is 4.79 Å². The lowest BCUT2D eigenvalue weighted by Gasteiger charge is -2.59. The minimum absolute atomic E-state index is 0.205. The molecule has 0 aliphatic heterocycles. The quantitative estimate of drug-likeness (QED) is 0.894. The Labute approximate surface area is 131 Å². The third kappa shape index (κ3) is 2.54. The van der Waals surface area contributed by atoms with Crippen LogP contribution in [0.4, 0.5) is 0 Å². The molecule has 4 fully saturated rings. The number of carbonyl (C=O) groups is 1. The molecule has 4 aliphatic rings. The highest BCUT2D eigenvalue weighted by molar-refractivity contribution is 7.07. The van der Waals surface area contributed by atoms with Crippen molar-refractivity contribution in [2.24, 2.45) is 23.2 Å². The Balaban J connectivity index is 1.42. The van der Waals surface area contributed by atoms with Crippen LogP contribution in [0.5, 0.6) is 0 Å². The van der Waals surface area contributed by atoms with Crippen LogP contribution in [0.15, 0.2) is 16.8 Å². The van der Waals surface area contributed by atoms with Gasteiger partial charge in [0.05, 0.1) is 6.42 Å². The summed E-state index contributed by atoms with van der Waals surface area (Å²) in [6, 6.07) is 2.40. The van der Waals surface area contributed by atoms with Crippen LogP contribution in [0.1, 0.15) is 51.0 Å². The zero-order chi connectivity index (χ0) is 14.4. The van der Waals surface area contributed by atoms with Crippen molar-refractivity contribution >= 4 is 17.2 Å². The minimum atomic E-state index is 0.205. The number of rotatable bonds is 4. The lowest BCUT2D eigenvalue weighted by molar-refractivity contribution is -0.125. The van der Waals surface area contributed by atoms with Crippen molar-refractivity contribution in [1.82, 2.24) is 5.32 Å². The van der Waals surface area contributed by atoms with E-state index in [1.54, 1.807) is 11.3 Å². The summed E-state index contributed by atoms with van der Waals surface area (Å²) in [5.41, 5.74) is 1.56. The molecule has 0 radical (unpaired) electrons. The summed E-state index contributed by atoms with van der Waals surface area (Å²) in [4.78, 5) is 12.3. The summed E-state index contributed by atoms with van der Waals surface area (Å²) in [5.74, 6) is 3.06. The molecule has 0 unspecified atom stereocenters. The SMILES string of the molecule is C[C@@H](NC(=O)Cc1ccsc1)C12CC3CC(CC(C3)C1)C2. The molecule has 0 aromatic carbocycles. The van der Waals surface area contributed by atoms with Gasteiger partial charge in [0.2, 0.25) is 5.91 Å². The summed E-state index contributed by atoms with van der Waals surface area (Å²) < 4.78 is 0. The van der Waals surface area contributed by atoms with Crippen molar-refractivity contribution in [3.63, 3.8) is 0 Å². The predicted molar refractivity (Wildman–Crippen MR) is 86.2 cm³/mol. The van der Waals surface area contributed by atoms with Crippen LogP contribution in [-0.2, 0) is 11.2 Å². The number of amides is 1. The fourth-order valence-electron chi connectivity index (χ4n) is 5.73. The molecule has 114 valence electrons. The Morgan fingerprint density at radius 1 is 1.29 bits per heavy atom. The Morgan fingerprint density at radius 3 is 2.43 bits per heavy atom. The van der Waals surface area contributed by atoms with Crippen molar-refractivity contribution in [2.45, 2.75) is 57.9 Å². The second-order valence-corrected chi connectivity index (χ2v) is 8.66. The summed E-state index contributed by atoms with van der Waals surface area (Å²) in [6.07, 6.45) is 9.02. The Hall–Kier alpha value is -0.830. The molecule has 1 aromatic heterocycles. The Kier molecular flexibility index (Phi) is 3.36. The first kappa shape index (κ1) is 13.8. The van der Waals surface area contributed by atoms with E-state index in [0.29, 0.717) is 17.9 Å². The van der Waals surface area contributed by atoms with E-state index in [4.69, 9.17) is 0 Å². The van der Waals surface area contributed by atoms with E-state index >= 15 is 0 Å². The van der Waals surface area contributed by atoms with Gasteiger partial charge in [-0.2, -0.15) is 11.3 Å². The highest BCUT2D eigenvalue weighted by Crippen LogP contribution is 2.61. The van der Waals surface area contributed by atoms with E-state index in [2.05, 4.69) is 23.7 Å². The van der Waals surface area contributed by atoms with Crippen LogP contribution < -0.4 is 5.32 Å². The average Bonchev–Trinajstić information content (AvgIpc) is 2.89. The Bertz CT molecular complexity index is 486. The lowest BCUT2D eigenvalue weighted by atomic mass is 9.48. The van der Waals surface area contributed by atoms with Crippen molar-refractivity contribution in [3.8, 4) is 0 Å². The van der Waals surface area contributed by atoms with Gasteiger partial charge in [-0.1, -0.05) is 0 Å². The van der Waals surface area contributed by atoms with E-state index in [9.17, 15) is 4.79 Å². The van der Waals surface area contributed by atoms with Crippen LogP contribution in [0.3, 0.4) is 0 Å². The van der Waals surface area contributed by atoms with E-state index in [1.165, 1.54) is 38.5 Å². The summed E-state index contributed by atoms with van der Waals surface area (Å²) >= 11 is 1.67. The molecule has 0 spiro atoms. The molecular formula is C18H25NOS. The van der Waals surface area contributed by atoms with Gasteiger partial charge in [0.15, 0.2) is 0 Å². The van der Waals surface area contributed by atoms with E-state index in [0.717, 1.165) is 23.3 Å². The van der Waals surface area contributed by atoms with Gasteiger partial charge in [-0.05, 0) is 91.0 Å². The van der Waals surface area contributed by atoms with Crippen LogP contribution in [0.2, 0.25) is 0 Å². The maximum Gasteiger partial charge on any atom is 0.224 e. The van der Waals surface area contributed by atoms with Crippen molar-refractivity contribution in [3.05, 3.63) is 22.4 Å². The fourth-order valence-corrected chi connectivity index (χ4v) is 6.40. The Morgan fingerprint density at radius 2 is 1.90 bits per heavy atom. The standard InChI is InChI=1S/C18H25NOS/c1-12(19-17(20)7-13-2-3-21-11-13)18-8-14-4-15(9-18)6-16(5-14)10-18/h2-3,11-12,14-16H,4-10H2,1H3,(H,19,20)/t12-,14?,15?,16?,18?/m1/s1. The second kappa shape index (κ2) is 5.12. The maximum absolute atomic E-state index is 12.3. The second-order valence-electron chi connectivity index (χ2n) is 7.88. The van der Waals surface area contributed by atoms with Crippen LogP contribution >= 0.6 is 11.3 Å². The van der Waals surface area contributed by atoms with E-state index < -0.39 is 0 Å². The molecule has 21 heavy (non-hydrogen) atoms. The zero-order valence-corrected chi connectivity index (χ0v) is 13.6. The highest BCUT2D eigenvalue weighted by Gasteiger charge is 2.53. The maximum atomic E-state index is 12.3. The largest absolute Gasteiger partial charge is 0.353 e. The van der Waals surface area contributed by atoms with Gasteiger partial charge in [0.1, 0.15) is 0 Å². The predicted octanol–water partition coefficient (Wildman–Crippen LogP) is 4.01. The van der Waals surface area contributed by atoms with Crippen LogP contribution in [0, 0.1) is 23.2 Å². The number of nitrogens with one attached hydrogen (secondary N) is 1. The topological polar surface area (TPSA) is 29.1 Å². The molecule has 0 saturated heterocycles. The third-order valence-electron chi connectivity index (χ3n) is 6.33. The van der Waals surface area contributed by atoms with Gasteiger partial charge in [0, 0.05) is 6.04 Å². The molecule has 4 aliphatic carbocycles. The monoisotopic (exact) mass is 303 g/mol. The molecule has 1 atom stereocenters. The van der Waals surface area contributed by atoms with Crippen LogP contribution in [-0.4, -0.2) is 11.9 Å². The number of hydrogen-bond acceptors (Lipinski definition) is 2. The first-order valence-electron chi connectivity index (χ1n) is 8.43. The normalized spacial score (nSPS) is 38.4. The van der Waals surface area contributed by atoms with Gasteiger partial charge in [0.25, 0.3) is 0 Å². The summed E-state index contributed by atoms with van der Waals surface area (Å²) in [7, 11) is 0. The van der Waals surface area contributed by atoms with Crippen molar-refractivity contribution in [2.75, 3.05) is 0 Å². The molecule has 1 amide bonds. The van der Waals surface area contributed by atoms with Crippen LogP contribution in [0.25, 0.3) is 0 Å². The molecule has 2 nitrogen and oxygen atoms in total. The van der Waals surface area contributed by atoms with Crippen molar-refractivity contribution in [1.29, 1.82) is 0 Å². The lowest BCUT2D eigenvalue weighted by Crippen LogP contribution is -2.56. The highest BCUT2D eigenvalue weighted by atomic mass is 32.1. The smallest absolute Gasteiger partial charge is 0.224 e. The molecule has 5 rings (SSSR count). The molecule has 1 aromatic rings. The first-order valence-corrected chi connectivity index (χ1v) is 9.38.